The molecule has 0 saturated heterocycles. The van der Waals surface area contributed by atoms with E-state index in [0.29, 0.717) is 5.69 Å². The second-order valence-corrected chi connectivity index (χ2v) is 4.96. The summed E-state index contributed by atoms with van der Waals surface area (Å²) in [5.74, 6) is 0.873. The van der Waals surface area contributed by atoms with Crippen molar-refractivity contribution in [3.63, 3.8) is 0 Å². The molecule has 4 nitrogen and oxygen atoms in total. The van der Waals surface area contributed by atoms with Gasteiger partial charge in [0.1, 0.15) is 5.75 Å². The molecule has 0 atom stereocenters. The molecule has 0 radical (unpaired) electrons. The molecule has 0 fully saturated rings. The maximum absolute atomic E-state index is 5.87. The summed E-state index contributed by atoms with van der Waals surface area (Å²) in [6.07, 6.45) is 4.28. The normalized spacial score (nSPS) is 10.2. The Morgan fingerprint density at radius 3 is 2.63 bits per heavy atom. The van der Waals surface area contributed by atoms with Crippen LogP contribution in [0.3, 0.4) is 0 Å². The molecule has 0 amide bonds. The average molecular weight is 322 g/mol. The number of nitrogens with two attached hydrogens (primary N) is 1. The van der Waals surface area contributed by atoms with E-state index in [-0.39, 0.29) is 0 Å². The summed E-state index contributed by atoms with van der Waals surface area (Å²) in [6.45, 7) is 0.805. The quantitative estimate of drug-likeness (QED) is 0.888. The Balaban J connectivity index is 1.92. The van der Waals surface area contributed by atoms with Gasteiger partial charge in [-0.15, -0.1) is 0 Å². The first kappa shape index (κ1) is 13.7. The maximum atomic E-state index is 5.87. The van der Waals surface area contributed by atoms with Gasteiger partial charge >= 0.3 is 0 Å². The lowest BCUT2D eigenvalue weighted by atomic mass is 10.1. The van der Waals surface area contributed by atoms with E-state index in [0.717, 1.165) is 28.9 Å². The third-order valence-electron chi connectivity index (χ3n) is 2.80. The molecular formula is C14H16BrN3O. The van der Waals surface area contributed by atoms with Crippen molar-refractivity contribution in [2.75, 3.05) is 24.7 Å². The first-order valence-corrected chi connectivity index (χ1v) is 6.76. The van der Waals surface area contributed by atoms with Crippen LogP contribution in [0.5, 0.6) is 5.75 Å². The number of anilines is 2. The fourth-order valence-electron chi connectivity index (χ4n) is 1.76. The predicted molar refractivity (Wildman–Crippen MR) is 81.5 cm³/mol. The summed E-state index contributed by atoms with van der Waals surface area (Å²) < 4.78 is 6.01. The number of rotatable bonds is 5. The van der Waals surface area contributed by atoms with E-state index in [4.69, 9.17) is 10.5 Å². The molecule has 2 rings (SSSR count). The van der Waals surface area contributed by atoms with Gasteiger partial charge in [0.05, 0.1) is 29.2 Å². The van der Waals surface area contributed by atoms with Crippen LogP contribution in [0.1, 0.15) is 5.56 Å². The second-order valence-electron chi connectivity index (χ2n) is 4.11. The second kappa shape index (κ2) is 6.43. The van der Waals surface area contributed by atoms with Crippen LogP contribution in [0.25, 0.3) is 0 Å². The number of nitrogen functional groups attached to an aromatic ring is 1. The minimum atomic E-state index is 0.643. The van der Waals surface area contributed by atoms with Crippen molar-refractivity contribution in [1.29, 1.82) is 0 Å². The Morgan fingerprint density at radius 2 is 2.00 bits per heavy atom. The van der Waals surface area contributed by atoms with E-state index in [2.05, 4.69) is 38.4 Å². The number of halogens is 1. The van der Waals surface area contributed by atoms with Crippen molar-refractivity contribution in [3.05, 3.63) is 46.7 Å². The molecule has 0 aliphatic rings. The monoisotopic (exact) mass is 321 g/mol. The fourth-order valence-corrected chi connectivity index (χ4v) is 2.25. The van der Waals surface area contributed by atoms with E-state index < -0.39 is 0 Å². The average Bonchev–Trinajstić information content (AvgIpc) is 2.43. The summed E-state index contributed by atoms with van der Waals surface area (Å²) in [7, 11) is 1.67. The number of hydrogen-bond donors (Lipinski definition) is 2. The smallest absolute Gasteiger partial charge is 0.118 e. The van der Waals surface area contributed by atoms with Gasteiger partial charge in [-0.3, -0.25) is 4.98 Å². The van der Waals surface area contributed by atoms with Crippen molar-refractivity contribution >= 4 is 27.3 Å². The number of aromatic nitrogens is 1. The fraction of sp³-hybridized carbons (Fsp3) is 0.214. The van der Waals surface area contributed by atoms with Crippen LogP contribution in [0, 0.1) is 0 Å². The topological polar surface area (TPSA) is 60.2 Å². The highest BCUT2D eigenvalue weighted by molar-refractivity contribution is 9.10. The largest absolute Gasteiger partial charge is 0.497 e. The lowest BCUT2D eigenvalue weighted by Gasteiger charge is -2.11. The van der Waals surface area contributed by atoms with Crippen LogP contribution in [-0.4, -0.2) is 18.6 Å². The van der Waals surface area contributed by atoms with E-state index >= 15 is 0 Å². The van der Waals surface area contributed by atoms with Gasteiger partial charge in [0, 0.05) is 12.7 Å². The van der Waals surface area contributed by atoms with Crippen LogP contribution in [0.4, 0.5) is 11.4 Å². The van der Waals surface area contributed by atoms with Gasteiger partial charge in [-0.25, -0.2) is 0 Å². The molecule has 5 heteroatoms. The standard InChI is InChI=1S/C14H16BrN3O/c1-19-11-4-2-10(3-5-11)6-7-18-14-12(15)8-17-9-13(14)16/h2-5,8-9H,6-7,16H2,1H3,(H,17,18). The number of hydrogen-bond acceptors (Lipinski definition) is 4. The van der Waals surface area contributed by atoms with Crippen LogP contribution < -0.4 is 15.8 Å². The lowest BCUT2D eigenvalue weighted by Crippen LogP contribution is -2.07. The summed E-state index contributed by atoms with van der Waals surface area (Å²) >= 11 is 3.43. The molecule has 19 heavy (non-hydrogen) atoms. The van der Waals surface area contributed by atoms with Gasteiger partial charge in [-0.2, -0.15) is 0 Å². The zero-order valence-corrected chi connectivity index (χ0v) is 12.3. The first-order valence-electron chi connectivity index (χ1n) is 5.96. The molecule has 100 valence electrons. The number of benzene rings is 1. The SMILES string of the molecule is COc1ccc(CCNc2c(N)cncc2Br)cc1. The van der Waals surface area contributed by atoms with Crippen molar-refractivity contribution in [3.8, 4) is 5.75 Å². The van der Waals surface area contributed by atoms with Crippen molar-refractivity contribution in [2.45, 2.75) is 6.42 Å². The van der Waals surface area contributed by atoms with Crippen molar-refractivity contribution in [2.24, 2.45) is 0 Å². The number of methoxy groups -OCH3 is 1. The highest BCUT2D eigenvalue weighted by Crippen LogP contribution is 2.26. The molecule has 0 spiro atoms. The number of ether oxygens (including phenoxy) is 1. The minimum Gasteiger partial charge on any atom is -0.497 e. The summed E-state index contributed by atoms with van der Waals surface area (Å²) in [6, 6.07) is 8.05. The van der Waals surface area contributed by atoms with Crippen LogP contribution >= 0.6 is 15.9 Å². The molecule has 3 N–H and O–H groups in total. The Kier molecular flexibility index (Phi) is 4.63. The third kappa shape index (κ3) is 3.61. The van der Waals surface area contributed by atoms with Gasteiger partial charge < -0.3 is 15.8 Å². The molecule has 1 heterocycles. The predicted octanol–water partition coefficient (Wildman–Crippen LogP) is 3.09. The molecule has 0 aliphatic heterocycles. The molecule has 1 aromatic heterocycles. The maximum Gasteiger partial charge on any atom is 0.118 e. The lowest BCUT2D eigenvalue weighted by molar-refractivity contribution is 0.414. The van der Waals surface area contributed by atoms with Gasteiger partial charge in [-0.1, -0.05) is 12.1 Å². The molecule has 0 unspecified atom stereocenters. The molecule has 2 aromatic rings. The van der Waals surface area contributed by atoms with Gasteiger partial charge in [0.2, 0.25) is 0 Å². The highest BCUT2D eigenvalue weighted by Gasteiger charge is 2.03. The Bertz CT molecular complexity index is 523. The van der Waals surface area contributed by atoms with Crippen molar-refractivity contribution in [1.82, 2.24) is 4.98 Å². The molecular weight excluding hydrogens is 306 g/mol. The van der Waals surface area contributed by atoms with E-state index in [1.165, 1.54) is 5.56 Å². The van der Waals surface area contributed by atoms with Gasteiger partial charge in [0.15, 0.2) is 0 Å². The summed E-state index contributed by atoms with van der Waals surface area (Å²) in [5.41, 5.74) is 8.65. The molecule has 0 aliphatic carbocycles. The Morgan fingerprint density at radius 1 is 1.26 bits per heavy atom. The summed E-state index contributed by atoms with van der Waals surface area (Å²) in [4.78, 5) is 4.00. The Labute approximate surface area is 121 Å². The van der Waals surface area contributed by atoms with Gasteiger partial charge in [-0.05, 0) is 40.0 Å². The third-order valence-corrected chi connectivity index (χ3v) is 3.40. The van der Waals surface area contributed by atoms with E-state index in [1.54, 1.807) is 19.5 Å². The van der Waals surface area contributed by atoms with Crippen LogP contribution in [-0.2, 0) is 6.42 Å². The van der Waals surface area contributed by atoms with Crippen LogP contribution in [0.15, 0.2) is 41.1 Å². The Hall–Kier alpha value is -1.75. The number of nitrogens with zero attached hydrogens (tertiary/aromatic N) is 1. The van der Waals surface area contributed by atoms with Crippen molar-refractivity contribution < 1.29 is 4.74 Å². The minimum absolute atomic E-state index is 0.643. The molecule has 0 bridgehead atoms. The van der Waals surface area contributed by atoms with E-state index in [1.807, 2.05) is 12.1 Å². The molecule has 0 saturated carbocycles. The zero-order chi connectivity index (χ0) is 13.7. The van der Waals surface area contributed by atoms with Crippen LogP contribution in [0.2, 0.25) is 0 Å². The van der Waals surface area contributed by atoms with Gasteiger partial charge in [0.25, 0.3) is 0 Å². The zero-order valence-electron chi connectivity index (χ0n) is 10.7. The first-order chi connectivity index (χ1) is 9.20. The number of pyridine rings is 1. The highest BCUT2D eigenvalue weighted by atomic mass is 79.9. The van der Waals surface area contributed by atoms with E-state index in [9.17, 15) is 0 Å². The molecule has 1 aromatic carbocycles. The summed E-state index contributed by atoms with van der Waals surface area (Å²) in [5, 5.41) is 3.32. The number of nitrogens with one attached hydrogen (secondary N) is 1.